The first-order chi connectivity index (χ1) is 9.74. The maximum absolute atomic E-state index is 6.05. The molecule has 0 rings (SSSR count). The third-order valence-electron chi connectivity index (χ3n) is 4.35. The monoisotopic (exact) mass is 286 g/mol. The van der Waals surface area contributed by atoms with Gasteiger partial charge in [-0.15, -0.1) is 0 Å². The van der Waals surface area contributed by atoms with Gasteiger partial charge in [0.2, 0.25) is 0 Å². The molecule has 3 nitrogen and oxygen atoms in total. The molecule has 0 saturated heterocycles. The molecule has 0 bridgehead atoms. The van der Waals surface area contributed by atoms with Gasteiger partial charge in [0.25, 0.3) is 0 Å². The van der Waals surface area contributed by atoms with Crippen LogP contribution in [-0.4, -0.2) is 43.8 Å². The van der Waals surface area contributed by atoms with Gasteiger partial charge in [0.05, 0.1) is 6.61 Å². The Labute approximate surface area is 127 Å². The minimum atomic E-state index is 0.525. The molecule has 0 aliphatic carbocycles. The lowest BCUT2D eigenvalue weighted by atomic mass is 10.0. The number of nitrogens with zero attached hydrogens (tertiary/aromatic N) is 1. The molecule has 0 aliphatic rings. The minimum absolute atomic E-state index is 0.525. The Bertz CT molecular complexity index is 195. The fourth-order valence-electron chi connectivity index (χ4n) is 3.02. The van der Waals surface area contributed by atoms with Crippen molar-refractivity contribution in [1.29, 1.82) is 0 Å². The highest BCUT2D eigenvalue weighted by Crippen LogP contribution is 2.17. The molecule has 1 atom stereocenters. The summed E-state index contributed by atoms with van der Waals surface area (Å²) in [6.45, 7) is 9.42. The summed E-state index contributed by atoms with van der Waals surface area (Å²) in [5.74, 6) is 0. The predicted octanol–water partition coefficient (Wildman–Crippen LogP) is 3.81. The van der Waals surface area contributed by atoms with Gasteiger partial charge in [-0.1, -0.05) is 52.9 Å². The highest BCUT2D eigenvalue weighted by Gasteiger charge is 2.22. The Hall–Kier alpha value is -0.120. The lowest BCUT2D eigenvalue weighted by molar-refractivity contribution is 0.0773. The molecule has 122 valence electrons. The molecule has 2 N–H and O–H groups in total. The average molecular weight is 287 g/mol. The Morgan fingerprint density at radius 3 is 2.10 bits per heavy atom. The summed E-state index contributed by atoms with van der Waals surface area (Å²) in [4.78, 5) is 2.60. The number of hydrogen-bond donors (Lipinski definition) is 1. The summed E-state index contributed by atoms with van der Waals surface area (Å²) in [7, 11) is 1.78. The van der Waals surface area contributed by atoms with Gasteiger partial charge in [0, 0.05) is 32.3 Å². The van der Waals surface area contributed by atoms with Crippen LogP contribution >= 0.6 is 0 Å². The molecule has 0 aliphatic heterocycles. The predicted molar refractivity (Wildman–Crippen MR) is 89.2 cm³/mol. The highest BCUT2D eigenvalue weighted by atomic mass is 16.5. The van der Waals surface area contributed by atoms with Crippen molar-refractivity contribution in [2.24, 2.45) is 5.73 Å². The molecule has 0 radical (unpaired) electrons. The molecule has 0 heterocycles. The molecule has 0 aromatic heterocycles. The molecule has 1 unspecified atom stereocenters. The van der Waals surface area contributed by atoms with E-state index in [2.05, 4.69) is 25.7 Å². The van der Waals surface area contributed by atoms with Crippen LogP contribution in [0.5, 0.6) is 0 Å². The topological polar surface area (TPSA) is 38.5 Å². The molecule has 0 spiro atoms. The molecule has 0 aromatic rings. The zero-order chi connectivity index (χ0) is 15.2. The zero-order valence-electron chi connectivity index (χ0n) is 14.4. The summed E-state index contributed by atoms with van der Waals surface area (Å²) in [5.41, 5.74) is 6.05. The quantitative estimate of drug-likeness (QED) is 0.493. The zero-order valence-corrected chi connectivity index (χ0v) is 14.4. The summed E-state index contributed by atoms with van der Waals surface area (Å²) in [5, 5.41) is 0. The number of hydrogen-bond acceptors (Lipinski definition) is 3. The molecule has 20 heavy (non-hydrogen) atoms. The second kappa shape index (κ2) is 13.8. The van der Waals surface area contributed by atoms with E-state index in [0.717, 1.165) is 19.7 Å². The number of nitrogens with two attached hydrogens (primary N) is 1. The van der Waals surface area contributed by atoms with Crippen LogP contribution in [0.1, 0.15) is 72.1 Å². The van der Waals surface area contributed by atoms with E-state index < -0.39 is 0 Å². The van der Waals surface area contributed by atoms with Crippen molar-refractivity contribution in [3.63, 3.8) is 0 Å². The fraction of sp³-hybridized carbons (Fsp3) is 1.00. The second-order valence-corrected chi connectivity index (χ2v) is 5.79. The average Bonchev–Trinajstić information content (AvgIpc) is 2.48. The highest BCUT2D eigenvalue weighted by molar-refractivity contribution is 4.79. The molecule has 0 fully saturated rings. The second-order valence-electron chi connectivity index (χ2n) is 5.79. The van der Waals surface area contributed by atoms with Crippen LogP contribution < -0.4 is 5.73 Å². The molecule has 0 aromatic carbocycles. The SMILES string of the molecule is CCCCCCCC(CN)N(CCOC)C(CC)CC. The Morgan fingerprint density at radius 1 is 0.950 bits per heavy atom. The maximum atomic E-state index is 6.05. The van der Waals surface area contributed by atoms with Crippen molar-refractivity contribution in [3.05, 3.63) is 0 Å². The Kier molecular flexibility index (Phi) is 13.8. The third-order valence-corrected chi connectivity index (χ3v) is 4.35. The van der Waals surface area contributed by atoms with Gasteiger partial charge in [-0.25, -0.2) is 0 Å². The van der Waals surface area contributed by atoms with Crippen molar-refractivity contribution in [2.45, 2.75) is 84.2 Å². The Balaban J connectivity index is 4.32. The van der Waals surface area contributed by atoms with Crippen molar-refractivity contribution in [3.8, 4) is 0 Å². The summed E-state index contributed by atoms with van der Waals surface area (Å²) < 4.78 is 5.28. The van der Waals surface area contributed by atoms with E-state index in [4.69, 9.17) is 10.5 Å². The van der Waals surface area contributed by atoms with Gasteiger partial charge in [-0.2, -0.15) is 0 Å². The van der Waals surface area contributed by atoms with E-state index in [0.29, 0.717) is 12.1 Å². The molecule has 0 saturated carbocycles. The smallest absolute Gasteiger partial charge is 0.0589 e. The summed E-state index contributed by atoms with van der Waals surface area (Å²) in [6.07, 6.45) is 10.4. The van der Waals surface area contributed by atoms with Crippen molar-refractivity contribution < 1.29 is 4.74 Å². The standard InChI is InChI=1S/C17H38N2O/c1-5-8-9-10-11-12-17(15-18)19(13-14-20-4)16(6-2)7-3/h16-17H,5-15,18H2,1-4H3. The normalized spacial score (nSPS) is 13.3. The first-order valence-electron chi connectivity index (χ1n) is 8.69. The van der Waals surface area contributed by atoms with Gasteiger partial charge in [-0.3, -0.25) is 4.90 Å². The van der Waals surface area contributed by atoms with Crippen molar-refractivity contribution in [1.82, 2.24) is 4.90 Å². The van der Waals surface area contributed by atoms with Gasteiger partial charge in [0.1, 0.15) is 0 Å². The van der Waals surface area contributed by atoms with Crippen LogP contribution in [0.2, 0.25) is 0 Å². The van der Waals surface area contributed by atoms with Gasteiger partial charge in [-0.05, 0) is 19.3 Å². The summed E-state index contributed by atoms with van der Waals surface area (Å²) in [6, 6.07) is 1.17. The first kappa shape index (κ1) is 19.9. The van der Waals surface area contributed by atoms with E-state index in [1.807, 2.05) is 0 Å². The van der Waals surface area contributed by atoms with E-state index in [-0.39, 0.29) is 0 Å². The van der Waals surface area contributed by atoms with E-state index in [9.17, 15) is 0 Å². The Morgan fingerprint density at radius 2 is 1.60 bits per heavy atom. The molecule has 3 heteroatoms. The van der Waals surface area contributed by atoms with Gasteiger partial charge < -0.3 is 10.5 Å². The number of methoxy groups -OCH3 is 1. The third kappa shape index (κ3) is 8.23. The van der Waals surface area contributed by atoms with Crippen LogP contribution in [0.4, 0.5) is 0 Å². The lowest BCUT2D eigenvalue weighted by Gasteiger charge is -2.37. The van der Waals surface area contributed by atoms with Crippen LogP contribution in [0.15, 0.2) is 0 Å². The molecular weight excluding hydrogens is 248 g/mol. The van der Waals surface area contributed by atoms with Gasteiger partial charge >= 0.3 is 0 Å². The van der Waals surface area contributed by atoms with Crippen LogP contribution in [0, 0.1) is 0 Å². The number of ether oxygens (including phenoxy) is 1. The van der Waals surface area contributed by atoms with Crippen molar-refractivity contribution >= 4 is 0 Å². The van der Waals surface area contributed by atoms with Crippen LogP contribution in [0.3, 0.4) is 0 Å². The number of rotatable bonds is 14. The fourth-order valence-corrected chi connectivity index (χ4v) is 3.02. The van der Waals surface area contributed by atoms with E-state index in [1.165, 1.54) is 51.4 Å². The number of unbranched alkanes of at least 4 members (excludes halogenated alkanes) is 4. The van der Waals surface area contributed by atoms with Crippen molar-refractivity contribution in [2.75, 3.05) is 26.8 Å². The van der Waals surface area contributed by atoms with E-state index >= 15 is 0 Å². The first-order valence-corrected chi connectivity index (χ1v) is 8.69. The van der Waals surface area contributed by atoms with Gasteiger partial charge in [0.15, 0.2) is 0 Å². The summed E-state index contributed by atoms with van der Waals surface area (Å²) >= 11 is 0. The minimum Gasteiger partial charge on any atom is -0.383 e. The largest absolute Gasteiger partial charge is 0.383 e. The maximum Gasteiger partial charge on any atom is 0.0589 e. The lowest BCUT2D eigenvalue weighted by Crippen LogP contribution is -2.48. The van der Waals surface area contributed by atoms with Crippen LogP contribution in [0.25, 0.3) is 0 Å². The van der Waals surface area contributed by atoms with E-state index in [1.54, 1.807) is 7.11 Å². The molecule has 0 amide bonds. The molecular formula is C17H38N2O. The van der Waals surface area contributed by atoms with Crippen LogP contribution in [-0.2, 0) is 4.74 Å².